The van der Waals surface area contributed by atoms with Crippen LogP contribution in [0.5, 0.6) is 0 Å². The summed E-state index contributed by atoms with van der Waals surface area (Å²) in [6.45, 7) is 0. The highest BCUT2D eigenvalue weighted by Crippen LogP contribution is 2.16. The van der Waals surface area contributed by atoms with E-state index in [0.717, 1.165) is 11.8 Å². The van der Waals surface area contributed by atoms with Gasteiger partial charge in [-0.2, -0.15) is 5.10 Å². The molecule has 0 unspecified atom stereocenters. The van der Waals surface area contributed by atoms with Crippen molar-refractivity contribution in [2.75, 3.05) is 11.1 Å². The van der Waals surface area contributed by atoms with Crippen LogP contribution in [-0.4, -0.2) is 31.8 Å². The highest BCUT2D eigenvalue weighted by Gasteiger charge is 2.10. The zero-order valence-electron chi connectivity index (χ0n) is 11.1. The number of hydrogen-bond acceptors (Lipinski definition) is 5. The number of nitrogens with one attached hydrogen (secondary N) is 3. The first-order valence-electron chi connectivity index (χ1n) is 6.24. The maximum absolute atomic E-state index is 13.4. The van der Waals surface area contributed by atoms with Crippen molar-refractivity contribution < 1.29 is 9.18 Å². The van der Waals surface area contributed by atoms with Crippen LogP contribution in [0.4, 0.5) is 10.1 Å². The van der Waals surface area contributed by atoms with Gasteiger partial charge < -0.3 is 10.3 Å². The van der Waals surface area contributed by atoms with Crippen molar-refractivity contribution in [2.45, 2.75) is 5.16 Å². The Hall–Kier alpha value is -2.68. The lowest BCUT2D eigenvalue weighted by molar-refractivity contribution is -0.113. The van der Waals surface area contributed by atoms with Gasteiger partial charge in [-0.25, -0.2) is 9.37 Å². The minimum absolute atomic E-state index is 0.0169. The third kappa shape index (κ3) is 2.98. The van der Waals surface area contributed by atoms with E-state index < -0.39 is 11.7 Å². The molecule has 0 aliphatic carbocycles. The number of aromatic nitrogens is 4. The van der Waals surface area contributed by atoms with E-state index in [9.17, 15) is 14.0 Å². The molecular formula is C13H10FN5O2S. The molecule has 7 nitrogen and oxygen atoms in total. The fourth-order valence-electron chi connectivity index (χ4n) is 1.78. The lowest BCUT2D eigenvalue weighted by atomic mass is 10.3. The lowest BCUT2D eigenvalue weighted by Crippen LogP contribution is -2.16. The van der Waals surface area contributed by atoms with E-state index in [-0.39, 0.29) is 22.2 Å². The van der Waals surface area contributed by atoms with Gasteiger partial charge >= 0.3 is 0 Å². The maximum Gasteiger partial charge on any atom is 0.262 e. The second-order valence-electron chi connectivity index (χ2n) is 4.32. The molecule has 0 saturated heterocycles. The van der Waals surface area contributed by atoms with Crippen LogP contribution >= 0.6 is 11.8 Å². The van der Waals surface area contributed by atoms with Crippen LogP contribution in [0.15, 0.2) is 40.4 Å². The molecule has 22 heavy (non-hydrogen) atoms. The quantitative estimate of drug-likeness (QED) is 0.499. The van der Waals surface area contributed by atoms with Gasteiger partial charge in [0.15, 0.2) is 10.8 Å². The summed E-state index contributed by atoms with van der Waals surface area (Å²) in [6.07, 6.45) is 1.38. The molecule has 0 bridgehead atoms. The van der Waals surface area contributed by atoms with Crippen LogP contribution in [-0.2, 0) is 4.79 Å². The number of aromatic amines is 2. The van der Waals surface area contributed by atoms with Gasteiger partial charge in [0, 0.05) is 0 Å². The molecule has 0 atom stereocenters. The highest BCUT2D eigenvalue weighted by atomic mass is 32.2. The van der Waals surface area contributed by atoms with Gasteiger partial charge in [0.25, 0.3) is 5.56 Å². The summed E-state index contributed by atoms with van der Waals surface area (Å²) in [5.41, 5.74) is 0.120. The minimum Gasteiger partial charge on any atom is -0.323 e. The van der Waals surface area contributed by atoms with E-state index in [1.807, 2.05) is 0 Å². The van der Waals surface area contributed by atoms with Gasteiger partial charge in [-0.1, -0.05) is 23.9 Å². The Bertz CT molecular complexity index is 891. The van der Waals surface area contributed by atoms with E-state index in [1.165, 1.54) is 24.4 Å². The van der Waals surface area contributed by atoms with Crippen LogP contribution in [0.3, 0.4) is 0 Å². The number of carbonyl (C=O) groups is 1. The Morgan fingerprint density at radius 2 is 2.18 bits per heavy atom. The number of nitrogens with zero attached hydrogens (tertiary/aromatic N) is 2. The Morgan fingerprint density at radius 3 is 3.00 bits per heavy atom. The molecule has 3 aromatic rings. The van der Waals surface area contributed by atoms with Gasteiger partial charge in [-0.3, -0.25) is 14.7 Å². The predicted molar refractivity (Wildman–Crippen MR) is 80.3 cm³/mol. The maximum atomic E-state index is 13.4. The van der Waals surface area contributed by atoms with Crippen LogP contribution in [0.1, 0.15) is 0 Å². The van der Waals surface area contributed by atoms with Crippen molar-refractivity contribution in [3.63, 3.8) is 0 Å². The molecule has 0 spiro atoms. The summed E-state index contributed by atoms with van der Waals surface area (Å²) in [5, 5.41) is 9.40. The van der Waals surface area contributed by atoms with Gasteiger partial charge in [0.2, 0.25) is 5.91 Å². The van der Waals surface area contributed by atoms with Crippen molar-refractivity contribution in [1.29, 1.82) is 0 Å². The van der Waals surface area contributed by atoms with E-state index in [4.69, 9.17) is 0 Å². The molecule has 0 radical (unpaired) electrons. The topological polar surface area (TPSA) is 104 Å². The number of hydrogen-bond donors (Lipinski definition) is 3. The molecule has 1 amide bonds. The number of halogens is 1. The second kappa shape index (κ2) is 5.98. The average molecular weight is 319 g/mol. The summed E-state index contributed by atoms with van der Waals surface area (Å²) >= 11 is 1.04. The monoisotopic (exact) mass is 319 g/mol. The molecule has 0 fully saturated rings. The Balaban J connectivity index is 1.67. The number of H-pyrrole nitrogens is 2. The van der Waals surface area contributed by atoms with E-state index >= 15 is 0 Å². The number of amides is 1. The normalized spacial score (nSPS) is 10.8. The minimum atomic E-state index is -0.508. The lowest BCUT2D eigenvalue weighted by Gasteiger charge is -2.05. The highest BCUT2D eigenvalue weighted by molar-refractivity contribution is 7.99. The summed E-state index contributed by atoms with van der Waals surface area (Å²) in [5.74, 6) is -0.926. The van der Waals surface area contributed by atoms with Gasteiger partial charge in [-0.05, 0) is 12.1 Å². The second-order valence-corrected chi connectivity index (χ2v) is 5.28. The summed E-state index contributed by atoms with van der Waals surface area (Å²) in [6, 6.07) is 5.88. The molecule has 2 heterocycles. The molecule has 0 aliphatic heterocycles. The van der Waals surface area contributed by atoms with Crippen LogP contribution < -0.4 is 10.9 Å². The fraction of sp³-hybridized carbons (Fsp3) is 0.0769. The number of rotatable bonds is 4. The molecule has 9 heteroatoms. The van der Waals surface area contributed by atoms with Crippen molar-refractivity contribution in [2.24, 2.45) is 0 Å². The van der Waals surface area contributed by atoms with Crippen molar-refractivity contribution in [1.82, 2.24) is 20.2 Å². The first-order chi connectivity index (χ1) is 10.6. The van der Waals surface area contributed by atoms with Crippen molar-refractivity contribution in [3.8, 4) is 0 Å². The third-order valence-corrected chi connectivity index (χ3v) is 3.66. The van der Waals surface area contributed by atoms with Crippen LogP contribution in [0.25, 0.3) is 11.0 Å². The Kier molecular flexibility index (Phi) is 3.88. The van der Waals surface area contributed by atoms with E-state index in [2.05, 4.69) is 25.5 Å². The van der Waals surface area contributed by atoms with E-state index in [0.29, 0.717) is 11.0 Å². The first kappa shape index (κ1) is 14.3. The largest absolute Gasteiger partial charge is 0.323 e. The molecule has 112 valence electrons. The molecule has 1 aromatic carbocycles. The van der Waals surface area contributed by atoms with Crippen LogP contribution in [0, 0.1) is 5.82 Å². The smallest absolute Gasteiger partial charge is 0.262 e. The molecular weight excluding hydrogens is 309 g/mol. The third-order valence-electron chi connectivity index (χ3n) is 2.79. The molecule has 3 N–H and O–H groups in total. The molecule has 0 saturated carbocycles. The predicted octanol–water partition coefficient (Wildman–Crippen LogP) is 1.52. The molecule has 2 aromatic heterocycles. The number of thioether (sulfide) groups is 1. The van der Waals surface area contributed by atoms with Crippen molar-refractivity contribution >= 4 is 34.4 Å². The first-order valence-corrected chi connectivity index (χ1v) is 7.22. The van der Waals surface area contributed by atoms with Gasteiger partial charge in [0.05, 0.1) is 17.6 Å². The number of fused-ring (bicyclic) bond motifs is 1. The molecule has 0 aliphatic rings. The van der Waals surface area contributed by atoms with Crippen molar-refractivity contribution in [3.05, 3.63) is 46.6 Å². The summed E-state index contributed by atoms with van der Waals surface area (Å²) in [4.78, 5) is 30.2. The van der Waals surface area contributed by atoms with Gasteiger partial charge in [0.1, 0.15) is 11.2 Å². The Morgan fingerprint density at radius 1 is 1.36 bits per heavy atom. The standard InChI is InChI=1S/C13H10FN5O2S/c14-8-3-1-2-4-9(8)16-10(20)6-22-13-17-11-7(5-15-19-11)12(21)18-13/h1-5H,6H2,(H,16,20)(H2,15,17,18,19,21). The number of carbonyl (C=O) groups excluding carboxylic acids is 1. The van der Waals surface area contributed by atoms with E-state index in [1.54, 1.807) is 6.07 Å². The number of benzene rings is 1. The molecule has 3 rings (SSSR count). The summed E-state index contributed by atoms with van der Waals surface area (Å²) in [7, 11) is 0. The zero-order chi connectivity index (χ0) is 15.5. The van der Waals surface area contributed by atoms with Gasteiger partial charge in [-0.15, -0.1) is 0 Å². The Labute approximate surface area is 127 Å². The fourth-order valence-corrected chi connectivity index (χ4v) is 2.44. The summed E-state index contributed by atoms with van der Waals surface area (Å²) < 4.78 is 13.4. The zero-order valence-corrected chi connectivity index (χ0v) is 11.9. The van der Waals surface area contributed by atoms with Crippen LogP contribution in [0.2, 0.25) is 0 Å². The SMILES string of the molecule is O=C(CSc1nc2[nH]ncc2c(=O)[nH]1)Nc1ccccc1F. The average Bonchev–Trinajstić information content (AvgIpc) is 2.97. The number of para-hydroxylation sites is 1. The number of anilines is 1.